The number of halogens is 1. The summed E-state index contributed by atoms with van der Waals surface area (Å²) in [6, 6.07) is 8.04. The van der Waals surface area contributed by atoms with Gasteiger partial charge in [0.25, 0.3) is 0 Å². The molecule has 0 radical (unpaired) electrons. The second kappa shape index (κ2) is 5.15. The van der Waals surface area contributed by atoms with Crippen molar-refractivity contribution >= 4 is 28.2 Å². The number of fused-ring (bicyclic) bond motifs is 1. The van der Waals surface area contributed by atoms with E-state index in [1.807, 2.05) is 24.4 Å². The van der Waals surface area contributed by atoms with E-state index in [2.05, 4.69) is 16.0 Å². The fourth-order valence-electron chi connectivity index (χ4n) is 3.65. The summed E-state index contributed by atoms with van der Waals surface area (Å²) in [5.74, 6) is 0. The van der Waals surface area contributed by atoms with Gasteiger partial charge in [-0.3, -0.25) is 4.98 Å². The van der Waals surface area contributed by atoms with Crippen molar-refractivity contribution in [3.63, 3.8) is 0 Å². The molecule has 2 saturated heterocycles. The molecule has 1 aromatic carbocycles. The molecular formula is C17H19ClN2O. The summed E-state index contributed by atoms with van der Waals surface area (Å²) >= 11 is 6.17. The van der Waals surface area contributed by atoms with Crippen LogP contribution in [0.2, 0.25) is 5.02 Å². The predicted octanol–water partition coefficient (Wildman–Crippen LogP) is 3.90. The van der Waals surface area contributed by atoms with Gasteiger partial charge in [0.1, 0.15) is 0 Å². The number of ether oxygens (including phenoxy) is 1. The van der Waals surface area contributed by atoms with Crippen LogP contribution in [0.5, 0.6) is 0 Å². The minimum atomic E-state index is 0.441. The van der Waals surface area contributed by atoms with E-state index in [4.69, 9.17) is 16.3 Å². The molecule has 2 aliphatic heterocycles. The van der Waals surface area contributed by atoms with E-state index in [1.54, 1.807) is 0 Å². The average Bonchev–Trinajstić information content (AvgIpc) is 2.96. The Bertz CT molecular complexity index is 657. The van der Waals surface area contributed by atoms with E-state index in [9.17, 15) is 0 Å². The molecule has 21 heavy (non-hydrogen) atoms. The molecule has 3 heterocycles. The van der Waals surface area contributed by atoms with E-state index in [0.717, 1.165) is 42.2 Å². The molecule has 2 aliphatic rings. The minimum Gasteiger partial charge on any atom is -0.381 e. The van der Waals surface area contributed by atoms with Gasteiger partial charge in [0, 0.05) is 42.0 Å². The fraction of sp³-hybridized carbons (Fsp3) is 0.471. The van der Waals surface area contributed by atoms with E-state index < -0.39 is 0 Å². The third kappa shape index (κ3) is 2.39. The summed E-state index contributed by atoms with van der Waals surface area (Å²) in [4.78, 5) is 6.92. The van der Waals surface area contributed by atoms with E-state index >= 15 is 0 Å². The maximum Gasteiger partial charge on any atom is 0.0723 e. The van der Waals surface area contributed by atoms with Crippen LogP contribution in [-0.2, 0) is 4.74 Å². The Morgan fingerprint density at radius 2 is 2.00 bits per heavy atom. The second-order valence-electron chi connectivity index (χ2n) is 6.28. The van der Waals surface area contributed by atoms with Crippen LogP contribution in [0.15, 0.2) is 30.5 Å². The lowest BCUT2D eigenvalue weighted by molar-refractivity contribution is 0.134. The van der Waals surface area contributed by atoms with Crippen LogP contribution in [0.4, 0.5) is 5.69 Å². The normalized spacial score (nSPS) is 21.3. The standard InChI is InChI=1S/C17H19ClN2O/c18-13-1-2-15-14(11-13)16(3-7-19-15)20-8-4-17(5-9-20)6-10-21-12-17/h1-3,7,11H,4-6,8-10,12H2. The van der Waals surface area contributed by atoms with Gasteiger partial charge in [0.15, 0.2) is 0 Å². The SMILES string of the molecule is Clc1ccc2nccc(N3CCC4(CCOC4)CC3)c2c1. The van der Waals surface area contributed by atoms with Crippen molar-refractivity contribution in [1.29, 1.82) is 0 Å². The molecular weight excluding hydrogens is 284 g/mol. The third-order valence-electron chi connectivity index (χ3n) is 5.03. The molecule has 3 nitrogen and oxygen atoms in total. The highest BCUT2D eigenvalue weighted by molar-refractivity contribution is 6.31. The largest absolute Gasteiger partial charge is 0.381 e. The zero-order chi connectivity index (χ0) is 14.3. The van der Waals surface area contributed by atoms with Crippen LogP contribution in [0.3, 0.4) is 0 Å². The first-order chi connectivity index (χ1) is 10.3. The number of hydrogen-bond donors (Lipinski definition) is 0. The quantitative estimate of drug-likeness (QED) is 0.799. The number of anilines is 1. The van der Waals surface area contributed by atoms with Crippen LogP contribution in [-0.4, -0.2) is 31.3 Å². The zero-order valence-electron chi connectivity index (χ0n) is 12.0. The molecule has 0 saturated carbocycles. The lowest BCUT2D eigenvalue weighted by atomic mass is 9.78. The number of benzene rings is 1. The van der Waals surface area contributed by atoms with Gasteiger partial charge in [-0.25, -0.2) is 0 Å². The third-order valence-corrected chi connectivity index (χ3v) is 5.27. The smallest absolute Gasteiger partial charge is 0.0723 e. The highest BCUT2D eigenvalue weighted by Gasteiger charge is 2.38. The molecule has 2 fully saturated rings. The minimum absolute atomic E-state index is 0.441. The lowest BCUT2D eigenvalue weighted by Crippen LogP contribution is -2.40. The van der Waals surface area contributed by atoms with Crippen molar-refractivity contribution in [2.75, 3.05) is 31.2 Å². The average molecular weight is 303 g/mol. The van der Waals surface area contributed by atoms with E-state index in [1.165, 1.54) is 24.9 Å². The molecule has 2 aromatic rings. The van der Waals surface area contributed by atoms with Gasteiger partial charge in [-0.2, -0.15) is 0 Å². The molecule has 4 rings (SSSR count). The highest BCUT2D eigenvalue weighted by Crippen LogP contribution is 2.41. The molecule has 0 amide bonds. The van der Waals surface area contributed by atoms with Crippen molar-refractivity contribution < 1.29 is 4.74 Å². The Hall–Kier alpha value is -1.32. The summed E-state index contributed by atoms with van der Waals surface area (Å²) in [6.45, 7) is 4.07. The van der Waals surface area contributed by atoms with Crippen molar-refractivity contribution in [1.82, 2.24) is 4.98 Å². The molecule has 4 heteroatoms. The Morgan fingerprint density at radius 3 is 2.76 bits per heavy atom. The zero-order valence-corrected chi connectivity index (χ0v) is 12.8. The Morgan fingerprint density at radius 1 is 1.14 bits per heavy atom. The van der Waals surface area contributed by atoms with Gasteiger partial charge >= 0.3 is 0 Å². The van der Waals surface area contributed by atoms with Crippen molar-refractivity contribution in [2.24, 2.45) is 5.41 Å². The molecule has 0 unspecified atom stereocenters. The monoisotopic (exact) mass is 302 g/mol. The van der Waals surface area contributed by atoms with Crippen LogP contribution >= 0.6 is 11.6 Å². The Labute approximate surface area is 129 Å². The molecule has 0 bridgehead atoms. The van der Waals surface area contributed by atoms with Gasteiger partial charge in [0.05, 0.1) is 12.1 Å². The topological polar surface area (TPSA) is 25.4 Å². The summed E-state index contributed by atoms with van der Waals surface area (Å²) in [5, 5.41) is 1.93. The van der Waals surface area contributed by atoms with Gasteiger partial charge in [0.2, 0.25) is 0 Å². The maximum absolute atomic E-state index is 6.17. The number of hydrogen-bond acceptors (Lipinski definition) is 3. The predicted molar refractivity (Wildman–Crippen MR) is 86.1 cm³/mol. The van der Waals surface area contributed by atoms with Crippen LogP contribution in [0, 0.1) is 5.41 Å². The summed E-state index contributed by atoms with van der Waals surface area (Å²) in [7, 11) is 0. The van der Waals surface area contributed by atoms with E-state index in [-0.39, 0.29) is 0 Å². The van der Waals surface area contributed by atoms with Crippen LogP contribution in [0.1, 0.15) is 19.3 Å². The molecule has 110 valence electrons. The van der Waals surface area contributed by atoms with Gasteiger partial charge in [-0.05, 0) is 48.9 Å². The summed E-state index contributed by atoms with van der Waals surface area (Å²) in [5.41, 5.74) is 2.72. The number of rotatable bonds is 1. The van der Waals surface area contributed by atoms with Crippen molar-refractivity contribution in [2.45, 2.75) is 19.3 Å². The first-order valence-corrected chi connectivity index (χ1v) is 8.01. The molecule has 1 aromatic heterocycles. The van der Waals surface area contributed by atoms with Crippen molar-refractivity contribution in [3.8, 4) is 0 Å². The molecule has 0 aliphatic carbocycles. The molecule has 0 N–H and O–H groups in total. The number of pyridine rings is 1. The van der Waals surface area contributed by atoms with Gasteiger partial charge < -0.3 is 9.64 Å². The number of nitrogens with zero attached hydrogens (tertiary/aromatic N) is 2. The Balaban J connectivity index is 1.64. The van der Waals surface area contributed by atoms with E-state index in [0.29, 0.717) is 5.41 Å². The molecule has 0 atom stereocenters. The van der Waals surface area contributed by atoms with Gasteiger partial charge in [-0.1, -0.05) is 11.6 Å². The number of aromatic nitrogens is 1. The first kappa shape index (κ1) is 13.4. The maximum atomic E-state index is 6.17. The number of piperidine rings is 1. The summed E-state index contributed by atoms with van der Waals surface area (Å²) in [6.07, 6.45) is 5.56. The molecule has 1 spiro atoms. The van der Waals surface area contributed by atoms with Crippen LogP contribution in [0.25, 0.3) is 10.9 Å². The second-order valence-corrected chi connectivity index (χ2v) is 6.72. The van der Waals surface area contributed by atoms with Crippen molar-refractivity contribution in [3.05, 3.63) is 35.5 Å². The summed E-state index contributed by atoms with van der Waals surface area (Å²) < 4.78 is 5.62. The van der Waals surface area contributed by atoms with Gasteiger partial charge in [-0.15, -0.1) is 0 Å². The lowest BCUT2D eigenvalue weighted by Gasteiger charge is -2.39. The fourth-order valence-corrected chi connectivity index (χ4v) is 3.82. The highest BCUT2D eigenvalue weighted by atomic mass is 35.5. The van der Waals surface area contributed by atoms with Crippen LogP contribution < -0.4 is 4.90 Å². The first-order valence-electron chi connectivity index (χ1n) is 7.63. The Kier molecular flexibility index (Phi) is 3.27.